The second kappa shape index (κ2) is 3.98. The lowest BCUT2D eigenvalue weighted by Gasteiger charge is -2.06. The molecule has 0 saturated carbocycles. The molecule has 1 amide bonds. The Kier molecular flexibility index (Phi) is 3.21. The van der Waals surface area contributed by atoms with E-state index in [1.165, 1.54) is 12.4 Å². The molecule has 0 aliphatic carbocycles. The van der Waals surface area contributed by atoms with Gasteiger partial charge in [-0.2, -0.15) is 10.5 Å². The minimum atomic E-state index is -0.927. The summed E-state index contributed by atoms with van der Waals surface area (Å²) in [7, 11) is 1.10. The van der Waals surface area contributed by atoms with Crippen LogP contribution < -0.4 is 5.43 Å². The quantitative estimate of drug-likeness (QED) is 0.302. The van der Waals surface area contributed by atoms with E-state index in [9.17, 15) is 4.79 Å². The van der Waals surface area contributed by atoms with Crippen molar-refractivity contribution in [2.45, 2.75) is 0 Å². The lowest BCUT2D eigenvalue weighted by molar-refractivity contribution is 0.134. The first-order chi connectivity index (χ1) is 4.76. The van der Waals surface area contributed by atoms with Crippen LogP contribution in [0.15, 0.2) is 0 Å². The third-order valence-corrected chi connectivity index (χ3v) is 0.619. The molecular formula is C4H4N4O2. The summed E-state index contributed by atoms with van der Waals surface area (Å²) in [5.74, 6) is 0. The van der Waals surface area contributed by atoms with Gasteiger partial charge in [-0.15, -0.1) is 5.01 Å². The van der Waals surface area contributed by atoms with Crippen molar-refractivity contribution in [3.8, 4) is 12.4 Å². The molecule has 0 aromatic rings. The van der Waals surface area contributed by atoms with Gasteiger partial charge in [-0.25, -0.2) is 10.2 Å². The Balaban J connectivity index is 4.00. The third kappa shape index (κ3) is 1.88. The fourth-order valence-corrected chi connectivity index (χ4v) is 0.253. The minimum Gasteiger partial charge on any atom is -0.451 e. The number of hydrazine groups is 1. The summed E-state index contributed by atoms with van der Waals surface area (Å²) in [5.41, 5.74) is 1.79. The Hall–Kier alpha value is -1.95. The molecular weight excluding hydrogens is 136 g/mol. The molecule has 0 aliphatic heterocycles. The number of methoxy groups -OCH3 is 1. The number of nitrogens with zero attached hydrogens (tertiary/aromatic N) is 3. The van der Waals surface area contributed by atoms with Gasteiger partial charge < -0.3 is 4.74 Å². The highest BCUT2D eigenvalue weighted by Crippen LogP contribution is 1.82. The van der Waals surface area contributed by atoms with Crippen molar-refractivity contribution in [2.24, 2.45) is 0 Å². The summed E-state index contributed by atoms with van der Waals surface area (Å²) in [6.07, 6.45) is 1.84. The first-order valence-corrected chi connectivity index (χ1v) is 2.18. The fourth-order valence-electron chi connectivity index (χ4n) is 0.253. The molecule has 6 nitrogen and oxygen atoms in total. The SMILES string of the molecule is COC(=O)N(C#N)NC#N. The predicted molar refractivity (Wildman–Crippen MR) is 28.6 cm³/mol. The molecule has 0 radical (unpaired) electrons. The Morgan fingerprint density at radius 2 is 2.30 bits per heavy atom. The number of nitrogens with one attached hydrogen (secondary N) is 1. The number of ether oxygens (including phenoxy) is 1. The van der Waals surface area contributed by atoms with Crippen LogP contribution in [0.2, 0.25) is 0 Å². The number of amides is 1. The molecule has 0 atom stereocenters. The average molecular weight is 140 g/mol. The lowest BCUT2D eigenvalue weighted by atomic mass is 11.0. The van der Waals surface area contributed by atoms with Gasteiger partial charge in [0.1, 0.15) is 0 Å². The molecule has 0 aromatic carbocycles. The van der Waals surface area contributed by atoms with E-state index in [1.54, 1.807) is 5.43 Å². The van der Waals surface area contributed by atoms with Crippen molar-refractivity contribution < 1.29 is 9.53 Å². The van der Waals surface area contributed by atoms with Crippen molar-refractivity contribution >= 4 is 6.09 Å². The van der Waals surface area contributed by atoms with Gasteiger partial charge in [0.15, 0.2) is 6.19 Å². The van der Waals surface area contributed by atoms with Gasteiger partial charge in [-0.1, -0.05) is 0 Å². The van der Waals surface area contributed by atoms with Crippen molar-refractivity contribution in [1.29, 1.82) is 10.5 Å². The van der Waals surface area contributed by atoms with E-state index >= 15 is 0 Å². The van der Waals surface area contributed by atoms with Crippen LogP contribution in [0.4, 0.5) is 4.79 Å². The molecule has 1 N–H and O–H groups in total. The van der Waals surface area contributed by atoms with E-state index < -0.39 is 6.09 Å². The van der Waals surface area contributed by atoms with Gasteiger partial charge in [0.05, 0.1) is 7.11 Å². The second-order valence-electron chi connectivity index (χ2n) is 1.13. The molecule has 0 heterocycles. The molecule has 6 heteroatoms. The maximum Gasteiger partial charge on any atom is 0.443 e. The lowest BCUT2D eigenvalue weighted by Crippen LogP contribution is -2.35. The zero-order valence-electron chi connectivity index (χ0n) is 5.16. The van der Waals surface area contributed by atoms with E-state index in [0.29, 0.717) is 5.01 Å². The second-order valence-corrected chi connectivity index (χ2v) is 1.13. The maximum atomic E-state index is 10.4. The summed E-state index contributed by atoms with van der Waals surface area (Å²) < 4.78 is 4.11. The molecule has 0 fully saturated rings. The van der Waals surface area contributed by atoms with Crippen LogP contribution in [0.1, 0.15) is 0 Å². The highest BCUT2D eigenvalue weighted by atomic mass is 16.5. The largest absolute Gasteiger partial charge is 0.451 e. The Morgan fingerprint density at radius 1 is 1.70 bits per heavy atom. The van der Waals surface area contributed by atoms with Crippen LogP contribution in [0.5, 0.6) is 0 Å². The van der Waals surface area contributed by atoms with Gasteiger partial charge in [-0.05, 0) is 0 Å². The van der Waals surface area contributed by atoms with Gasteiger partial charge in [-0.3, -0.25) is 0 Å². The monoisotopic (exact) mass is 140 g/mol. The number of hydrogen-bond acceptors (Lipinski definition) is 5. The van der Waals surface area contributed by atoms with E-state index in [1.807, 2.05) is 0 Å². The summed E-state index contributed by atoms with van der Waals surface area (Å²) >= 11 is 0. The standard InChI is InChI=1S/C4H4N4O2/c1-10-4(9)8(3-6)7-2-5/h7H,1H3. The maximum absolute atomic E-state index is 10.4. The highest BCUT2D eigenvalue weighted by molar-refractivity contribution is 5.68. The van der Waals surface area contributed by atoms with Crippen molar-refractivity contribution in [3.05, 3.63) is 0 Å². The summed E-state index contributed by atoms with van der Waals surface area (Å²) in [6, 6.07) is 0. The van der Waals surface area contributed by atoms with Crippen LogP contribution in [0.25, 0.3) is 0 Å². The topological polar surface area (TPSA) is 89.2 Å². The highest BCUT2D eigenvalue weighted by Gasteiger charge is 2.10. The van der Waals surface area contributed by atoms with Crippen LogP contribution >= 0.6 is 0 Å². The van der Waals surface area contributed by atoms with E-state index in [2.05, 4.69) is 4.74 Å². The zero-order chi connectivity index (χ0) is 7.98. The van der Waals surface area contributed by atoms with Crippen molar-refractivity contribution in [2.75, 3.05) is 7.11 Å². The molecule has 10 heavy (non-hydrogen) atoms. The predicted octanol–water partition coefficient (Wildman–Crippen LogP) is -0.478. The first-order valence-electron chi connectivity index (χ1n) is 2.18. The van der Waals surface area contributed by atoms with E-state index in [-0.39, 0.29) is 0 Å². The third-order valence-electron chi connectivity index (χ3n) is 0.619. The van der Waals surface area contributed by atoms with Gasteiger partial charge >= 0.3 is 6.09 Å². The number of carbonyl (C=O) groups excluding carboxylic acids is 1. The molecule has 0 rings (SSSR count). The Morgan fingerprint density at radius 3 is 2.60 bits per heavy atom. The smallest absolute Gasteiger partial charge is 0.443 e. The summed E-state index contributed by atoms with van der Waals surface area (Å²) in [5, 5.41) is 16.4. The molecule has 0 aliphatic rings. The van der Waals surface area contributed by atoms with Gasteiger partial charge in [0.25, 0.3) is 0 Å². The normalized spacial score (nSPS) is 6.70. The van der Waals surface area contributed by atoms with Crippen LogP contribution in [0, 0.1) is 22.9 Å². The van der Waals surface area contributed by atoms with E-state index in [4.69, 9.17) is 10.5 Å². The Labute approximate surface area is 57.2 Å². The number of nitriles is 2. The zero-order valence-corrected chi connectivity index (χ0v) is 5.16. The number of carbonyl (C=O) groups is 1. The molecule has 52 valence electrons. The van der Waals surface area contributed by atoms with Crippen LogP contribution in [-0.2, 0) is 4.74 Å². The van der Waals surface area contributed by atoms with Crippen LogP contribution in [-0.4, -0.2) is 18.2 Å². The van der Waals surface area contributed by atoms with Gasteiger partial charge in [0, 0.05) is 0 Å². The number of rotatable bonds is 1. The average Bonchev–Trinajstić information content (AvgIpc) is 1.99. The first kappa shape index (κ1) is 8.05. The molecule has 0 saturated heterocycles. The van der Waals surface area contributed by atoms with E-state index in [0.717, 1.165) is 7.11 Å². The molecule has 0 aromatic heterocycles. The molecule has 0 unspecified atom stereocenters. The minimum absolute atomic E-state index is 0.361. The molecule has 0 spiro atoms. The fraction of sp³-hybridized carbons (Fsp3) is 0.250. The number of hydrogen-bond donors (Lipinski definition) is 1. The van der Waals surface area contributed by atoms with Crippen molar-refractivity contribution in [1.82, 2.24) is 10.4 Å². The summed E-state index contributed by atoms with van der Waals surface area (Å²) in [4.78, 5) is 10.4. The Bertz CT molecular complexity index is 200. The molecule has 0 bridgehead atoms. The summed E-state index contributed by atoms with van der Waals surface area (Å²) in [6.45, 7) is 0. The van der Waals surface area contributed by atoms with Crippen molar-refractivity contribution in [3.63, 3.8) is 0 Å². The van der Waals surface area contributed by atoms with Gasteiger partial charge in [0.2, 0.25) is 6.19 Å². The van der Waals surface area contributed by atoms with Crippen LogP contribution in [0.3, 0.4) is 0 Å².